The molecular weight excluding hydrogens is 230 g/mol. The summed E-state index contributed by atoms with van der Waals surface area (Å²) in [6.45, 7) is 0. The van der Waals surface area contributed by atoms with Crippen LogP contribution in [0.5, 0.6) is 0 Å². The van der Waals surface area contributed by atoms with Gasteiger partial charge in [-0.3, -0.25) is 0 Å². The molecule has 1 aromatic carbocycles. The normalized spacial score (nSPS) is 10.5. The van der Waals surface area contributed by atoms with E-state index in [-0.39, 0.29) is 4.47 Å². The van der Waals surface area contributed by atoms with Crippen LogP contribution in [0.2, 0.25) is 4.47 Å². The smallest absolute Gasteiger partial charge is 0.207 e. The van der Waals surface area contributed by atoms with Gasteiger partial charge < -0.3 is 0 Å². The number of hydrogen-bond donors (Lipinski definition) is 0. The van der Waals surface area contributed by atoms with Crippen LogP contribution in [0.15, 0.2) is 18.2 Å². The lowest BCUT2D eigenvalue weighted by atomic mass is 10.2. The third-order valence-electron chi connectivity index (χ3n) is 1.51. The molecule has 1 aromatic heterocycles. The Kier molecular flexibility index (Phi) is 2.43. The predicted molar refractivity (Wildman–Crippen MR) is 50.3 cm³/mol. The van der Waals surface area contributed by atoms with Gasteiger partial charge in [-0.05, 0) is 23.7 Å². The van der Waals surface area contributed by atoms with E-state index in [1.165, 1.54) is 12.1 Å². The van der Waals surface area contributed by atoms with E-state index in [2.05, 4.69) is 10.2 Å². The highest BCUT2D eigenvalue weighted by atomic mass is 35.5. The molecule has 0 radical (unpaired) electrons. The Morgan fingerprint density at radius 2 is 1.71 bits per heavy atom. The predicted octanol–water partition coefficient (Wildman–Crippen LogP) is 3.14. The van der Waals surface area contributed by atoms with Gasteiger partial charge in [-0.1, -0.05) is 11.3 Å². The Bertz CT molecular complexity index is 452. The second-order valence-corrected chi connectivity index (χ2v) is 4.08. The van der Waals surface area contributed by atoms with E-state index in [9.17, 15) is 8.78 Å². The largest absolute Gasteiger partial charge is 0.207 e. The third-order valence-corrected chi connectivity index (χ3v) is 2.58. The van der Waals surface area contributed by atoms with Crippen LogP contribution in [0, 0.1) is 11.6 Å². The van der Waals surface area contributed by atoms with Gasteiger partial charge in [0.25, 0.3) is 0 Å². The number of aromatic nitrogens is 2. The number of halogens is 3. The van der Waals surface area contributed by atoms with Crippen molar-refractivity contribution in [2.75, 3.05) is 0 Å². The molecule has 14 heavy (non-hydrogen) atoms. The first-order chi connectivity index (χ1) is 6.65. The van der Waals surface area contributed by atoms with Crippen LogP contribution in [-0.2, 0) is 0 Å². The highest BCUT2D eigenvalue weighted by molar-refractivity contribution is 7.18. The van der Waals surface area contributed by atoms with Crippen LogP contribution in [0.3, 0.4) is 0 Å². The summed E-state index contributed by atoms with van der Waals surface area (Å²) in [7, 11) is 0. The van der Waals surface area contributed by atoms with Crippen molar-refractivity contribution in [1.82, 2.24) is 10.2 Å². The molecule has 2 nitrogen and oxygen atoms in total. The SMILES string of the molecule is Fc1cc(F)cc(-c2nnc(Cl)s2)c1. The fourth-order valence-electron chi connectivity index (χ4n) is 0.999. The number of benzene rings is 1. The van der Waals surface area contributed by atoms with Crippen molar-refractivity contribution in [2.24, 2.45) is 0 Å². The first-order valence-electron chi connectivity index (χ1n) is 3.60. The highest BCUT2D eigenvalue weighted by Crippen LogP contribution is 2.26. The van der Waals surface area contributed by atoms with Crippen molar-refractivity contribution in [2.45, 2.75) is 0 Å². The molecule has 0 spiro atoms. The molecule has 0 unspecified atom stereocenters. The molecule has 2 aromatic rings. The molecule has 0 aliphatic carbocycles. The van der Waals surface area contributed by atoms with Gasteiger partial charge in [-0.15, -0.1) is 10.2 Å². The molecule has 0 N–H and O–H groups in total. The maximum atomic E-state index is 12.8. The molecule has 6 heteroatoms. The summed E-state index contributed by atoms with van der Waals surface area (Å²) in [6, 6.07) is 3.16. The van der Waals surface area contributed by atoms with Gasteiger partial charge in [0, 0.05) is 11.6 Å². The lowest BCUT2D eigenvalue weighted by Gasteiger charge is -1.95. The average Bonchev–Trinajstić information content (AvgIpc) is 2.50. The second-order valence-electron chi connectivity index (χ2n) is 2.52. The number of nitrogens with zero attached hydrogens (tertiary/aromatic N) is 2. The molecule has 0 bridgehead atoms. The minimum absolute atomic E-state index is 0.240. The van der Waals surface area contributed by atoms with Crippen LogP contribution in [-0.4, -0.2) is 10.2 Å². The molecule has 0 fully saturated rings. The molecule has 0 atom stereocenters. The molecule has 0 saturated heterocycles. The van der Waals surface area contributed by atoms with E-state index >= 15 is 0 Å². The zero-order valence-electron chi connectivity index (χ0n) is 6.67. The van der Waals surface area contributed by atoms with Gasteiger partial charge in [0.15, 0.2) is 0 Å². The van der Waals surface area contributed by atoms with E-state index in [0.717, 1.165) is 17.4 Å². The van der Waals surface area contributed by atoms with E-state index in [0.29, 0.717) is 10.6 Å². The quantitative estimate of drug-likeness (QED) is 0.755. The molecule has 0 aliphatic rings. The van der Waals surface area contributed by atoms with E-state index in [1.807, 2.05) is 0 Å². The maximum Gasteiger partial charge on any atom is 0.207 e. The fourth-order valence-corrected chi connectivity index (χ4v) is 1.81. The summed E-state index contributed by atoms with van der Waals surface area (Å²) in [5, 5.41) is 7.61. The van der Waals surface area contributed by atoms with Crippen molar-refractivity contribution in [3.05, 3.63) is 34.3 Å². The third kappa shape index (κ3) is 1.88. The van der Waals surface area contributed by atoms with Gasteiger partial charge in [-0.25, -0.2) is 8.78 Å². The van der Waals surface area contributed by atoms with Crippen LogP contribution < -0.4 is 0 Å². The first kappa shape index (κ1) is 9.48. The topological polar surface area (TPSA) is 25.8 Å². The summed E-state index contributed by atoms with van der Waals surface area (Å²) in [4.78, 5) is 0. The average molecular weight is 233 g/mol. The maximum absolute atomic E-state index is 12.8. The molecular formula is C8H3ClF2N2S. The van der Waals surface area contributed by atoms with E-state index in [4.69, 9.17) is 11.6 Å². The van der Waals surface area contributed by atoms with Gasteiger partial charge in [0.2, 0.25) is 4.47 Å². The number of hydrogen-bond acceptors (Lipinski definition) is 3. The summed E-state index contributed by atoms with van der Waals surface area (Å²) in [5.41, 5.74) is 0.340. The standard InChI is InChI=1S/C8H3ClF2N2S/c9-8-13-12-7(14-8)4-1-5(10)3-6(11)2-4/h1-3H. The Morgan fingerprint density at radius 3 is 2.21 bits per heavy atom. The molecule has 1 heterocycles. The number of rotatable bonds is 1. The van der Waals surface area contributed by atoms with Crippen molar-refractivity contribution in [3.8, 4) is 10.6 Å². The van der Waals surface area contributed by atoms with Gasteiger partial charge in [0.05, 0.1) is 0 Å². The summed E-state index contributed by atoms with van der Waals surface area (Å²) in [6.07, 6.45) is 0. The van der Waals surface area contributed by atoms with Crippen LogP contribution in [0.4, 0.5) is 8.78 Å². The molecule has 2 rings (SSSR count). The van der Waals surface area contributed by atoms with Gasteiger partial charge >= 0.3 is 0 Å². The summed E-state index contributed by atoms with van der Waals surface area (Å²) in [5.74, 6) is -1.29. The van der Waals surface area contributed by atoms with Crippen LogP contribution >= 0.6 is 22.9 Å². The lowest BCUT2D eigenvalue weighted by molar-refractivity contribution is 0.584. The summed E-state index contributed by atoms with van der Waals surface area (Å²) >= 11 is 6.62. The molecule has 0 amide bonds. The zero-order valence-corrected chi connectivity index (χ0v) is 8.24. The van der Waals surface area contributed by atoms with E-state index < -0.39 is 11.6 Å². The Balaban J connectivity index is 2.51. The summed E-state index contributed by atoms with van der Waals surface area (Å²) < 4.78 is 25.8. The second kappa shape index (κ2) is 3.59. The van der Waals surface area contributed by atoms with Crippen molar-refractivity contribution >= 4 is 22.9 Å². The molecule has 0 aliphatic heterocycles. The molecule has 72 valence electrons. The zero-order chi connectivity index (χ0) is 10.1. The minimum atomic E-state index is -0.647. The fraction of sp³-hybridized carbons (Fsp3) is 0. The van der Waals surface area contributed by atoms with Crippen molar-refractivity contribution < 1.29 is 8.78 Å². The Hall–Kier alpha value is -1.07. The van der Waals surface area contributed by atoms with E-state index in [1.54, 1.807) is 0 Å². The van der Waals surface area contributed by atoms with Crippen LogP contribution in [0.1, 0.15) is 0 Å². The monoisotopic (exact) mass is 232 g/mol. The van der Waals surface area contributed by atoms with Crippen LogP contribution in [0.25, 0.3) is 10.6 Å². The highest BCUT2D eigenvalue weighted by Gasteiger charge is 2.07. The first-order valence-corrected chi connectivity index (χ1v) is 4.80. The Labute approximate surface area is 87.2 Å². The van der Waals surface area contributed by atoms with Crippen molar-refractivity contribution in [3.63, 3.8) is 0 Å². The lowest BCUT2D eigenvalue weighted by Crippen LogP contribution is -1.83. The van der Waals surface area contributed by atoms with Gasteiger partial charge in [-0.2, -0.15) is 0 Å². The van der Waals surface area contributed by atoms with Gasteiger partial charge in [0.1, 0.15) is 16.6 Å². The minimum Gasteiger partial charge on any atom is -0.207 e. The molecule has 0 saturated carbocycles. The van der Waals surface area contributed by atoms with Crippen molar-refractivity contribution in [1.29, 1.82) is 0 Å². The Morgan fingerprint density at radius 1 is 1.07 bits per heavy atom.